The van der Waals surface area contributed by atoms with Crippen molar-refractivity contribution in [2.75, 3.05) is 6.54 Å². The van der Waals surface area contributed by atoms with Gasteiger partial charge in [-0.15, -0.1) is 0 Å². The topological polar surface area (TPSA) is 12.0 Å². The largest absolute Gasteiger partial charge is 0.315 e. The molecule has 0 radical (unpaired) electrons. The number of hydrogen-bond acceptors (Lipinski definition) is 1. The van der Waals surface area contributed by atoms with Crippen molar-refractivity contribution in [1.82, 2.24) is 5.32 Å². The van der Waals surface area contributed by atoms with Crippen LogP contribution in [0.15, 0.2) is 0 Å². The number of unbranched alkanes of at least 4 members (excludes halogenated alkanes) is 2. The maximum Gasteiger partial charge on any atom is 0.00103 e. The van der Waals surface area contributed by atoms with Crippen LogP contribution in [0, 0.1) is 5.41 Å². The third-order valence-electron chi connectivity index (χ3n) is 2.16. The standard InChI is InChI=1S/C12H27N/c1-11(2)13-10-8-6-7-9-12(3,4)5/h11,13H,6-10H2,1-5H3. The Morgan fingerprint density at radius 1 is 1.00 bits per heavy atom. The van der Waals surface area contributed by atoms with Gasteiger partial charge in [0.1, 0.15) is 0 Å². The molecule has 0 heterocycles. The van der Waals surface area contributed by atoms with Gasteiger partial charge in [0.05, 0.1) is 0 Å². The van der Waals surface area contributed by atoms with Gasteiger partial charge in [-0.3, -0.25) is 0 Å². The van der Waals surface area contributed by atoms with E-state index in [1.165, 1.54) is 32.2 Å². The molecule has 0 unspecified atom stereocenters. The van der Waals surface area contributed by atoms with E-state index < -0.39 is 0 Å². The molecule has 0 rings (SSSR count). The summed E-state index contributed by atoms with van der Waals surface area (Å²) in [5, 5.41) is 3.44. The molecule has 1 heteroatoms. The Labute approximate surface area is 84.3 Å². The second kappa shape index (κ2) is 6.42. The minimum atomic E-state index is 0.519. The fourth-order valence-corrected chi connectivity index (χ4v) is 1.35. The fraction of sp³-hybridized carbons (Fsp3) is 1.00. The molecule has 1 nitrogen and oxygen atoms in total. The summed E-state index contributed by atoms with van der Waals surface area (Å²) >= 11 is 0. The molecule has 0 aromatic rings. The van der Waals surface area contributed by atoms with Crippen LogP contribution in [0.25, 0.3) is 0 Å². The highest BCUT2D eigenvalue weighted by Gasteiger charge is 2.08. The van der Waals surface area contributed by atoms with Crippen LogP contribution < -0.4 is 5.32 Å². The fourth-order valence-electron chi connectivity index (χ4n) is 1.35. The molecule has 0 atom stereocenters. The first-order valence-corrected chi connectivity index (χ1v) is 5.65. The van der Waals surface area contributed by atoms with Crippen LogP contribution in [0.2, 0.25) is 0 Å². The first-order chi connectivity index (χ1) is 5.92. The van der Waals surface area contributed by atoms with Crippen molar-refractivity contribution in [3.05, 3.63) is 0 Å². The molecule has 13 heavy (non-hydrogen) atoms. The lowest BCUT2D eigenvalue weighted by Crippen LogP contribution is -2.23. The van der Waals surface area contributed by atoms with Gasteiger partial charge in [-0.1, -0.05) is 47.5 Å². The van der Waals surface area contributed by atoms with Gasteiger partial charge in [0.25, 0.3) is 0 Å². The van der Waals surface area contributed by atoms with Gasteiger partial charge < -0.3 is 5.32 Å². The van der Waals surface area contributed by atoms with E-state index >= 15 is 0 Å². The molecule has 0 aliphatic carbocycles. The van der Waals surface area contributed by atoms with Crippen molar-refractivity contribution in [3.63, 3.8) is 0 Å². The lowest BCUT2D eigenvalue weighted by molar-refractivity contribution is 0.356. The predicted octanol–water partition coefficient (Wildman–Crippen LogP) is 3.59. The van der Waals surface area contributed by atoms with Gasteiger partial charge in [-0.2, -0.15) is 0 Å². The average Bonchev–Trinajstić information content (AvgIpc) is 1.93. The van der Waals surface area contributed by atoms with Crippen molar-refractivity contribution < 1.29 is 0 Å². The van der Waals surface area contributed by atoms with Crippen LogP contribution in [-0.2, 0) is 0 Å². The van der Waals surface area contributed by atoms with Crippen LogP contribution in [-0.4, -0.2) is 12.6 Å². The van der Waals surface area contributed by atoms with E-state index in [4.69, 9.17) is 0 Å². The molecule has 80 valence electrons. The van der Waals surface area contributed by atoms with Gasteiger partial charge in [0.15, 0.2) is 0 Å². The summed E-state index contributed by atoms with van der Waals surface area (Å²) < 4.78 is 0. The predicted molar refractivity (Wildman–Crippen MR) is 61.1 cm³/mol. The summed E-state index contributed by atoms with van der Waals surface area (Å²) in [6, 6.07) is 0.641. The smallest absolute Gasteiger partial charge is 0.00103 e. The molecular weight excluding hydrogens is 158 g/mol. The van der Waals surface area contributed by atoms with Crippen LogP contribution in [0.1, 0.15) is 60.3 Å². The van der Waals surface area contributed by atoms with Crippen molar-refractivity contribution in [1.29, 1.82) is 0 Å². The molecule has 0 bridgehead atoms. The highest BCUT2D eigenvalue weighted by Crippen LogP contribution is 2.21. The second-order valence-electron chi connectivity index (χ2n) is 5.48. The summed E-state index contributed by atoms with van der Waals surface area (Å²) in [4.78, 5) is 0. The quantitative estimate of drug-likeness (QED) is 0.624. The zero-order valence-corrected chi connectivity index (χ0v) is 10.1. The Morgan fingerprint density at radius 3 is 2.08 bits per heavy atom. The Morgan fingerprint density at radius 2 is 1.62 bits per heavy atom. The Hall–Kier alpha value is -0.0400. The van der Waals surface area contributed by atoms with Gasteiger partial charge in [-0.25, -0.2) is 0 Å². The Kier molecular flexibility index (Phi) is 6.40. The van der Waals surface area contributed by atoms with Gasteiger partial charge in [0.2, 0.25) is 0 Å². The van der Waals surface area contributed by atoms with E-state index in [0.717, 1.165) is 0 Å². The monoisotopic (exact) mass is 185 g/mol. The summed E-state index contributed by atoms with van der Waals surface area (Å²) in [6.07, 6.45) is 5.43. The highest BCUT2D eigenvalue weighted by atomic mass is 14.9. The molecule has 0 amide bonds. The average molecular weight is 185 g/mol. The SMILES string of the molecule is CC(C)NCCCCCC(C)(C)C. The van der Waals surface area contributed by atoms with Crippen LogP contribution in [0.3, 0.4) is 0 Å². The molecular formula is C12H27N. The molecule has 0 saturated heterocycles. The third kappa shape index (κ3) is 12.0. The van der Waals surface area contributed by atoms with E-state index in [1.54, 1.807) is 0 Å². The molecule has 1 N–H and O–H groups in total. The van der Waals surface area contributed by atoms with Crippen molar-refractivity contribution in [3.8, 4) is 0 Å². The minimum absolute atomic E-state index is 0.519. The van der Waals surface area contributed by atoms with E-state index in [0.29, 0.717) is 11.5 Å². The molecule has 0 aliphatic heterocycles. The Balaban J connectivity index is 3.09. The summed E-state index contributed by atoms with van der Waals surface area (Å²) in [5.74, 6) is 0. The highest BCUT2D eigenvalue weighted by molar-refractivity contribution is 4.61. The molecule has 0 aromatic carbocycles. The molecule has 0 fully saturated rings. The lowest BCUT2D eigenvalue weighted by atomic mass is 9.89. The maximum atomic E-state index is 3.44. The van der Waals surface area contributed by atoms with Crippen LogP contribution in [0.4, 0.5) is 0 Å². The van der Waals surface area contributed by atoms with Crippen molar-refractivity contribution >= 4 is 0 Å². The third-order valence-corrected chi connectivity index (χ3v) is 2.16. The molecule has 0 aromatic heterocycles. The van der Waals surface area contributed by atoms with E-state index in [9.17, 15) is 0 Å². The number of rotatable bonds is 6. The number of nitrogens with one attached hydrogen (secondary N) is 1. The zero-order chi connectivity index (χ0) is 10.3. The molecule has 0 spiro atoms. The van der Waals surface area contributed by atoms with E-state index in [2.05, 4.69) is 39.9 Å². The van der Waals surface area contributed by atoms with Crippen molar-refractivity contribution in [2.45, 2.75) is 66.3 Å². The number of hydrogen-bond donors (Lipinski definition) is 1. The zero-order valence-electron chi connectivity index (χ0n) is 10.1. The normalized spacial score (nSPS) is 12.5. The van der Waals surface area contributed by atoms with E-state index in [-0.39, 0.29) is 0 Å². The summed E-state index contributed by atoms with van der Waals surface area (Å²) in [5.41, 5.74) is 0.519. The summed E-state index contributed by atoms with van der Waals surface area (Å²) in [7, 11) is 0. The first kappa shape index (κ1) is 13.0. The minimum Gasteiger partial charge on any atom is -0.315 e. The first-order valence-electron chi connectivity index (χ1n) is 5.65. The summed E-state index contributed by atoms with van der Waals surface area (Å²) in [6.45, 7) is 12.5. The lowest BCUT2D eigenvalue weighted by Gasteiger charge is -2.17. The molecule has 0 aliphatic rings. The van der Waals surface area contributed by atoms with Crippen LogP contribution in [0.5, 0.6) is 0 Å². The van der Waals surface area contributed by atoms with Gasteiger partial charge in [0, 0.05) is 6.04 Å². The molecule has 0 saturated carbocycles. The van der Waals surface area contributed by atoms with Gasteiger partial charge in [-0.05, 0) is 24.8 Å². The maximum absolute atomic E-state index is 3.44. The Bertz CT molecular complexity index is 111. The second-order valence-corrected chi connectivity index (χ2v) is 5.48. The van der Waals surface area contributed by atoms with Crippen LogP contribution >= 0.6 is 0 Å². The van der Waals surface area contributed by atoms with Crippen molar-refractivity contribution in [2.24, 2.45) is 5.41 Å². The van der Waals surface area contributed by atoms with Gasteiger partial charge >= 0.3 is 0 Å². The van der Waals surface area contributed by atoms with E-state index in [1.807, 2.05) is 0 Å².